The number of carbonyl (C=O) groups excluding carboxylic acids is 1. The third kappa shape index (κ3) is 3.88. The molecule has 0 bridgehead atoms. The normalized spacial score (nSPS) is 16.7. The van der Waals surface area contributed by atoms with Crippen molar-refractivity contribution in [3.8, 4) is 11.4 Å². The second-order valence-corrected chi connectivity index (χ2v) is 7.52. The van der Waals surface area contributed by atoms with Crippen molar-refractivity contribution in [2.24, 2.45) is 0 Å². The molecule has 1 saturated heterocycles. The number of nitrogens with zero attached hydrogens (tertiary/aromatic N) is 2. The standard InChI is InChI=1S/C22H22N2O2S/c1-2-26-20-10-6-9-19(13-20)23-12-11-18(15-23)22-24(21(25)16-27-22)14-17-7-4-3-5-8-17/h3-13,15,22H,2,14,16H2,1H3/t22-/m0/s1. The van der Waals surface area contributed by atoms with Crippen molar-refractivity contribution in [3.05, 3.63) is 84.2 Å². The number of benzene rings is 2. The van der Waals surface area contributed by atoms with Gasteiger partial charge in [-0.15, -0.1) is 11.8 Å². The van der Waals surface area contributed by atoms with Crippen LogP contribution in [-0.2, 0) is 11.3 Å². The molecule has 4 rings (SSSR count). The molecular weight excluding hydrogens is 356 g/mol. The molecule has 1 atom stereocenters. The number of rotatable bonds is 6. The molecule has 138 valence electrons. The monoisotopic (exact) mass is 378 g/mol. The number of ether oxygens (including phenoxy) is 1. The van der Waals surface area contributed by atoms with Gasteiger partial charge in [-0.3, -0.25) is 4.79 Å². The molecule has 0 saturated carbocycles. The maximum Gasteiger partial charge on any atom is 0.234 e. The highest BCUT2D eigenvalue weighted by Crippen LogP contribution is 2.40. The molecule has 1 aromatic heterocycles. The molecule has 1 aliphatic rings. The third-order valence-electron chi connectivity index (χ3n) is 4.59. The van der Waals surface area contributed by atoms with E-state index in [-0.39, 0.29) is 11.3 Å². The zero-order valence-corrected chi connectivity index (χ0v) is 16.1. The topological polar surface area (TPSA) is 34.5 Å². The second kappa shape index (κ2) is 7.92. The van der Waals surface area contributed by atoms with Crippen molar-refractivity contribution in [3.63, 3.8) is 0 Å². The lowest BCUT2D eigenvalue weighted by atomic mass is 10.2. The minimum atomic E-state index is 0.0500. The Hall–Kier alpha value is -2.66. The van der Waals surface area contributed by atoms with Gasteiger partial charge in [0.1, 0.15) is 11.1 Å². The first-order valence-corrected chi connectivity index (χ1v) is 10.2. The van der Waals surface area contributed by atoms with Crippen LogP contribution in [0.5, 0.6) is 5.75 Å². The van der Waals surface area contributed by atoms with E-state index in [9.17, 15) is 4.79 Å². The highest BCUT2D eigenvalue weighted by molar-refractivity contribution is 8.00. The summed E-state index contributed by atoms with van der Waals surface area (Å²) in [6.45, 7) is 3.27. The summed E-state index contributed by atoms with van der Waals surface area (Å²) in [5, 5.41) is 0.0500. The van der Waals surface area contributed by atoms with Crippen molar-refractivity contribution < 1.29 is 9.53 Å². The molecule has 5 heteroatoms. The molecule has 0 aliphatic carbocycles. The molecule has 2 aromatic carbocycles. The van der Waals surface area contributed by atoms with Crippen molar-refractivity contribution >= 4 is 17.7 Å². The van der Waals surface area contributed by atoms with Crippen molar-refractivity contribution in [2.45, 2.75) is 18.8 Å². The molecule has 0 radical (unpaired) electrons. The fraction of sp³-hybridized carbons (Fsp3) is 0.227. The highest BCUT2D eigenvalue weighted by atomic mass is 32.2. The maximum absolute atomic E-state index is 12.4. The third-order valence-corrected chi connectivity index (χ3v) is 5.85. The lowest BCUT2D eigenvalue weighted by Gasteiger charge is -2.23. The zero-order chi connectivity index (χ0) is 18.6. The van der Waals surface area contributed by atoms with Crippen LogP contribution in [0.25, 0.3) is 5.69 Å². The minimum absolute atomic E-state index is 0.0500. The quantitative estimate of drug-likeness (QED) is 0.626. The molecule has 0 N–H and O–H groups in total. The van der Waals surface area contributed by atoms with E-state index in [4.69, 9.17) is 4.74 Å². The van der Waals surface area contributed by atoms with E-state index in [1.54, 1.807) is 11.8 Å². The van der Waals surface area contributed by atoms with Crippen LogP contribution in [0.3, 0.4) is 0 Å². The van der Waals surface area contributed by atoms with Gasteiger partial charge in [0.05, 0.1) is 12.4 Å². The summed E-state index contributed by atoms with van der Waals surface area (Å²) >= 11 is 1.69. The molecule has 1 aliphatic heterocycles. The summed E-state index contributed by atoms with van der Waals surface area (Å²) in [6.07, 6.45) is 4.16. The minimum Gasteiger partial charge on any atom is -0.494 e. The van der Waals surface area contributed by atoms with Crippen LogP contribution in [0.4, 0.5) is 0 Å². The second-order valence-electron chi connectivity index (χ2n) is 6.45. The first kappa shape index (κ1) is 17.7. The van der Waals surface area contributed by atoms with Gasteiger partial charge < -0.3 is 14.2 Å². The Balaban J connectivity index is 1.56. The fourth-order valence-electron chi connectivity index (χ4n) is 3.30. The van der Waals surface area contributed by atoms with Crippen LogP contribution in [0.1, 0.15) is 23.4 Å². The molecule has 4 nitrogen and oxygen atoms in total. The number of thioether (sulfide) groups is 1. The van der Waals surface area contributed by atoms with Crippen LogP contribution in [0, 0.1) is 0 Å². The van der Waals surface area contributed by atoms with E-state index in [1.165, 1.54) is 0 Å². The summed E-state index contributed by atoms with van der Waals surface area (Å²) in [6, 6.07) is 20.3. The van der Waals surface area contributed by atoms with E-state index in [0.29, 0.717) is 18.9 Å². The smallest absolute Gasteiger partial charge is 0.234 e. The summed E-state index contributed by atoms with van der Waals surface area (Å²) < 4.78 is 7.69. The van der Waals surface area contributed by atoms with Gasteiger partial charge in [-0.1, -0.05) is 36.4 Å². The van der Waals surface area contributed by atoms with Crippen molar-refractivity contribution in [2.75, 3.05) is 12.4 Å². The molecule has 2 heterocycles. The highest BCUT2D eigenvalue weighted by Gasteiger charge is 2.33. The number of hydrogen-bond acceptors (Lipinski definition) is 3. The largest absolute Gasteiger partial charge is 0.494 e. The van der Waals surface area contributed by atoms with Gasteiger partial charge in [-0.25, -0.2) is 0 Å². The van der Waals surface area contributed by atoms with Crippen LogP contribution in [-0.4, -0.2) is 27.7 Å². The lowest BCUT2D eigenvalue weighted by Crippen LogP contribution is -2.27. The van der Waals surface area contributed by atoms with Gasteiger partial charge in [-0.05, 0) is 30.7 Å². The summed E-state index contributed by atoms with van der Waals surface area (Å²) in [5.74, 6) is 1.59. The Morgan fingerprint density at radius 2 is 1.96 bits per heavy atom. The number of carbonyl (C=O) groups is 1. The molecule has 1 amide bonds. The van der Waals surface area contributed by atoms with E-state index in [1.807, 2.05) is 54.4 Å². The predicted molar refractivity (Wildman–Crippen MR) is 109 cm³/mol. The molecule has 3 aromatic rings. The Kier molecular flexibility index (Phi) is 5.21. The van der Waals surface area contributed by atoms with Crippen molar-refractivity contribution in [1.29, 1.82) is 0 Å². The van der Waals surface area contributed by atoms with Crippen molar-refractivity contribution in [1.82, 2.24) is 9.47 Å². The molecular formula is C22H22N2O2S. The van der Waals surface area contributed by atoms with E-state index in [2.05, 4.69) is 35.0 Å². The number of hydrogen-bond donors (Lipinski definition) is 0. The Morgan fingerprint density at radius 3 is 2.78 bits per heavy atom. The lowest BCUT2D eigenvalue weighted by molar-refractivity contribution is -0.128. The Bertz CT molecular complexity index is 923. The van der Waals surface area contributed by atoms with E-state index >= 15 is 0 Å². The molecule has 0 unspecified atom stereocenters. The zero-order valence-electron chi connectivity index (χ0n) is 15.2. The Morgan fingerprint density at radius 1 is 1.11 bits per heavy atom. The molecule has 27 heavy (non-hydrogen) atoms. The van der Waals surface area contributed by atoms with Crippen LogP contribution >= 0.6 is 11.8 Å². The summed E-state index contributed by atoms with van der Waals surface area (Å²) in [5.41, 5.74) is 3.35. The number of aromatic nitrogens is 1. The molecule has 1 fully saturated rings. The van der Waals surface area contributed by atoms with Crippen LogP contribution in [0.2, 0.25) is 0 Å². The first-order valence-electron chi connectivity index (χ1n) is 9.10. The maximum atomic E-state index is 12.4. The molecule has 0 spiro atoms. The fourth-order valence-corrected chi connectivity index (χ4v) is 4.47. The Labute approximate surface area is 163 Å². The van der Waals surface area contributed by atoms with E-state index < -0.39 is 0 Å². The first-order chi connectivity index (χ1) is 13.2. The van der Waals surface area contributed by atoms with E-state index in [0.717, 1.165) is 22.6 Å². The average Bonchev–Trinajstić information content (AvgIpc) is 3.31. The SMILES string of the molecule is CCOc1cccc(-n2ccc([C@@H]3SCC(=O)N3Cc3ccccc3)c2)c1. The number of amides is 1. The van der Waals surface area contributed by atoms with Crippen LogP contribution < -0.4 is 4.74 Å². The van der Waals surface area contributed by atoms with Crippen LogP contribution in [0.15, 0.2) is 73.1 Å². The summed E-state index contributed by atoms with van der Waals surface area (Å²) in [7, 11) is 0. The van der Waals surface area contributed by atoms with Gasteiger partial charge in [0.25, 0.3) is 0 Å². The van der Waals surface area contributed by atoms with Gasteiger partial charge in [-0.2, -0.15) is 0 Å². The van der Waals surface area contributed by atoms with Gasteiger partial charge in [0.2, 0.25) is 5.91 Å². The van der Waals surface area contributed by atoms with Gasteiger partial charge in [0.15, 0.2) is 0 Å². The van der Waals surface area contributed by atoms with Gasteiger partial charge in [0, 0.05) is 36.3 Å². The summed E-state index contributed by atoms with van der Waals surface area (Å²) in [4.78, 5) is 14.4. The predicted octanol–water partition coefficient (Wildman–Crippen LogP) is 4.65. The van der Waals surface area contributed by atoms with Gasteiger partial charge >= 0.3 is 0 Å². The average molecular weight is 378 g/mol.